The lowest BCUT2D eigenvalue weighted by atomic mass is 9.88. The van der Waals surface area contributed by atoms with Crippen molar-refractivity contribution in [1.29, 1.82) is 0 Å². The first-order valence-electron chi connectivity index (χ1n) is 4.59. The van der Waals surface area contributed by atoms with Gasteiger partial charge in [0.1, 0.15) is 0 Å². The Balaban J connectivity index is 1.88. The van der Waals surface area contributed by atoms with Gasteiger partial charge in [0.15, 0.2) is 0 Å². The third-order valence-corrected chi connectivity index (χ3v) is 3.18. The lowest BCUT2D eigenvalue weighted by Crippen LogP contribution is -2.09. The van der Waals surface area contributed by atoms with Crippen LogP contribution in [-0.2, 0) is 0 Å². The molecule has 0 radical (unpaired) electrons. The lowest BCUT2D eigenvalue weighted by molar-refractivity contribution is 0.322. The van der Waals surface area contributed by atoms with Gasteiger partial charge >= 0.3 is 0 Å². The zero-order valence-corrected chi connectivity index (χ0v) is 7.35. The molecule has 2 atom stereocenters. The van der Waals surface area contributed by atoms with Crippen molar-refractivity contribution in [1.82, 2.24) is 0 Å². The molecule has 0 heteroatoms. The van der Waals surface area contributed by atoms with Gasteiger partial charge in [-0.15, -0.1) is 0 Å². The maximum atomic E-state index is 2.39. The second-order valence-electron chi connectivity index (χ2n) is 5.21. The van der Waals surface area contributed by atoms with E-state index in [1.165, 1.54) is 19.3 Å². The minimum Gasteiger partial charge on any atom is -0.0599 e. The summed E-state index contributed by atoms with van der Waals surface area (Å²) in [5.74, 6) is 3.37. The van der Waals surface area contributed by atoms with Crippen LogP contribution in [0.3, 0.4) is 0 Å². The van der Waals surface area contributed by atoms with E-state index in [1.807, 2.05) is 0 Å². The van der Waals surface area contributed by atoms with Gasteiger partial charge in [-0.2, -0.15) is 0 Å². The predicted octanol–water partition coefficient (Wildman–Crippen LogP) is 3.08. The van der Waals surface area contributed by atoms with E-state index >= 15 is 0 Å². The Hall–Kier alpha value is 0. The highest BCUT2D eigenvalue weighted by Gasteiger charge is 2.51. The van der Waals surface area contributed by atoms with Gasteiger partial charge in [-0.3, -0.25) is 0 Å². The van der Waals surface area contributed by atoms with E-state index < -0.39 is 0 Å². The van der Waals surface area contributed by atoms with Crippen molar-refractivity contribution in [2.45, 2.75) is 40.0 Å². The lowest BCUT2D eigenvalue weighted by Gasteiger charge is -2.17. The molecule has 0 N–H and O–H groups in total. The van der Waals surface area contributed by atoms with Crippen LogP contribution in [0.4, 0.5) is 0 Å². The first kappa shape index (κ1) is 6.69. The van der Waals surface area contributed by atoms with E-state index in [0.717, 1.165) is 17.8 Å². The van der Waals surface area contributed by atoms with E-state index in [4.69, 9.17) is 0 Å². The fourth-order valence-electron chi connectivity index (χ4n) is 2.26. The van der Waals surface area contributed by atoms with Crippen molar-refractivity contribution in [2.75, 3.05) is 0 Å². The van der Waals surface area contributed by atoms with Gasteiger partial charge in [0.2, 0.25) is 0 Å². The van der Waals surface area contributed by atoms with Gasteiger partial charge in [-0.05, 0) is 42.4 Å². The zero-order chi connectivity index (χ0) is 7.35. The summed E-state index contributed by atoms with van der Waals surface area (Å²) < 4.78 is 0. The van der Waals surface area contributed by atoms with E-state index in [0.29, 0.717) is 5.41 Å². The highest BCUT2D eigenvalue weighted by atomic mass is 14.6. The topological polar surface area (TPSA) is 0 Å². The summed E-state index contributed by atoms with van der Waals surface area (Å²) >= 11 is 0. The number of hydrogen-bond donors (Lipinski definition) is 0. The smallest absolute Gasteiger partial charge is 0.0331 e. The van der Waals surface area contributed by atoms with Crippen molar-refractivity contribution in [3.8, 4) is 0 Å². The molecule has 0 nitrogen and oxygen atoms in total. The normalized spacial score (nSPS) is 39.9. The van der Waals surface area contributed by atoms with Crippen LogP contribution in [0.1, 0.15) is 40.0 Å². The summed E-state index contributed by atoms with van der Waals surface area (Å²) in [6.07, 6.45) is 4.61. The van der Waals surface area contributed by atoms with Crippen molar-refractivity contribution in [3.05, 3.63) is 0 Å². The van der Waals surface area contributed by atoms with Crippen LogP contribution in [0.15, 0.2) is 0 Å². The molecule has 2 aliphatic rings. The monoisotopic (exact) mass is 138 g/mol. The van der Waals surface area contributed by atoms with E-state index in [1.54, 1.807) is 0 Å². The highest BCUT2D eigenvalue weighted by Crippen LogP contribution is 2.60. The van der Waals surface area contributed by atoms with Crippen molar-refractivity contribution >= 4 is 0 Å². The second kappa shape index (κ2) is 1.78. The third-order valence-electron chi connectivity index (χ3n) is 3.18. The summed E-state index contributed by atoms with van der Waals surface area (Å²) in [6.45, 7) is 7.17. The Labute approximate surface area is 64.0 Å². The van der Waals surface area contributed by atoms with Crippen LogP contribution in [0.25, 0.3) is 0 Å². The standard InChI is InChI=1S/C10H18/c1-10(2,3)9-6-8(9)7-4-5-7/h7-9H,4-6H2,1-3H3. The maximum Gasteiger partial charge on any atom is -0.0331 e. The summed E-state index contributed by atoms with van der Waals surface area (Å²) in [4.78, 5) is 0. The summed E-state index contributed by atoms with van der Waals surface area (Å²) in [5.41, 5.74) is 0.604. The SMILES string of the molecule is CC(C)(C)C1CC1C1CC1. The van der Waals surface area contributed by atoms with Crippen LogP contribution >= 0.6 is 0 Å². The Morgan fingerprint density at radius 3 is 2.00 bits per heavy atom. The van der Waals surface area contributed by atoms with Gasteiger partial charge < -0.3 is 0 Å². The summed E-state index contributed by atoms with van der Waals surface area (Å²) in [5, 5.41) is 0. The predicted molar refractivity (Wildman–Crippen MR) is 43.8 cm³/mol. The van der Waals surface area contributed by atoms with Crippen LogP contribution < -0.4 is 0 Å². The Morgan fingerprint density at radius 2 is 1.70 bits per heavy atom. The molecule has 2 saturated carbocycles. The Kier molecular flexibility index (Phi) is 1.19. The maximum absolute atomic E-state index is 2.39. The molecule has 0 saturated heterocycles. The Morgan fingerprint density at radius 1 is 1.10 bits per heavy atom. The van der Waals surface area contributed by atoms with E-state index in [-0.39, 0.29) is 0 Å². The van der Waals surface area contributed by atoms with Gasteiger partial charge in [0.25, 0.3) is 0 Å². The zero-order valence-electron chi connectivity index (χ0n) is 7.35. The van der Waals surface area contributed by atoms with Crippen LogP contribution in [0.5, 0.6) is 0 Å². The first-order valence-corrected chi connectivity index (χ1v) is 4.59. The van der Waals surface area contributed by atoms with E-state index in [9.17, 15) is 0 Å². The molecule has 2 aliphatic carbocycles. The molecule has 0 aromatic heterocycles. The van der Waals surface area contributed by atoms with Gasteiger partial charge in [-0.25, -0.2) is 0 Å². The average molecular weight is 138 g/mol. The van der Waals surface area contributed by atoms with Gasteiger partial charge in [-0.1, -0.05) is 20.8 Å². The molecule has 0 aromatic carbocycles. The molecule has 2 rings (SSSR count). The molecule has 0 heterocycles. The number of hydrogen-bond acceptors (Lipinski definition) is 0. The van der Waals surface area contributed by atoms with Crippen LogP contribution in [0, 0.1) is 23.2 Å². The van der Waals surface area contributed by atoms with E-state index in [2.05, 4.69) is 20.8 Å². The fourth-order valence-corrected chi connectivity index (χ4v) is 2.26. The molecule has 2 fully saturated rings. The molecule has 58 valence electrons. The molecule has 0 amide bonds. The average Bonchev–Trinajstić information content (AvgIpc) is 2.56. The molecule has 0 spiro atoms. The van der Waals surface area contributed by atoms with Crippen molar-refractivity contribution < 1.29 is 0 Å². The molecular weight excluding hydrogens is 120 g/mol. The molecular formula is C10H18. The molecule has 0 aliphatic heterocycles. The van der Waals surface area contributed by atoms with Crippen LogP contribution in [0.2, 0.25) is 0 Å². The summed E-state index contributed by atoms with van der Waals surface area (Å²) in [7, 11) is 0. The Bertz CT molecular complexity index is 137. The van der Waals surface area contributed by atoms with Crippen molar-refractivity contribution in [2.24, 2.45) is 23.2 Å². The molecule has 2 unspecified atom stereocenters. The second-order valence-corrected chi connectivity index (χ2v) is 5.21. The first-order chi connectivity index (χ1) is 4.59. The fraction of sp³-hybridized carbons (Fsp3) is 1.00. The third kappa shape index (κ3) is 1.09. The molecule has 10 heavy (non-hydrogen) atoms. The molecule has 0 bridgehead atoms. The summed E-state index contributed by atoms with van der Waals surface area (Å²) in [6, 6.07) is 0. The minimum atomic E-state index is 0.604. The van der Waals surface area contributed by atoms with Gasteiger partial charge in [0, 0.05) is 0 Å². The minimum absolute atomic E-state index is 0.604. The quantitative estimate of drug-likeness (QED) is 0.522. The highest BCUT2D eigenvalue weighted by molar-refractivity contribution is 5.01. The number of rotatable bonds is 1. The largest absolute Gasteiger partial charge is 0.0599 e. The molecule has 0 aromatic rings. The van der Waals surface area contributed by atoms with Gasteiger partial charge in [0.05, 0.1) is 0 Å². The van der Waals surface area contributed by atoms with Crippen LogP contribution in [-0.4, -0.2) is 0 Å². The van der Waals surface area contributed by atoms with Crippen molar-refractivity contribution in [3.63, 3.8) is 0 Å².